The van der Waals surface area contributed by atoms with Crippen LogP contribution in [-0.2, 0) is 4.79 Å². The molecule has 5 nitrogen and oxygen atoms in total. The summed E-state index contributed by atoms with van der Waals surface area (Å²) in [6.45, 7) is 4.97. The number of nitrogens with zero attached hydrogens (tertiary/aromatic N) is 1. The summed E-state index contributed by atoms with van der Waals surface area (Å²) in [7, 11) is 5.04. The SMILES string of the molecule is CCN(C)C(=O)CNC(C)c1ccc(OC)cc1OC. The molecule has 0 fully saturated rings. The lowest BCUT2D eigenvalue weighted by molar-refractivity contribution is -0.128. The van der Waals surface area contributed by atoms with Gasteiger partial charge in [-0.1, -0.05) is 6.07 Å². The van der Waals surface area contributed by atoms with Crippen molar-refractivity contribution in [2.75, 3.05) is 34.4 Å². The maximum absolute atomic E-state index is 11.8. The normalized spacial score (nSPS) is 11.8. The van der Waals surface area contributed by atoms with Crippen LogP contribution in [0, 0.1) is 0 Å². The Morgan fingerprint density at radius 2 is 2.05 bits per heavy atom. The van der Waals surface area contributed by atoms with Gasteiger partial charge in [0, 0.05) is 31.3 Å². The minimum atomic E-state index is 0.0186. The summed E-state index contributed by atoms with van der Waals surface area (Å²) >= 11 is 0. The molecular formula is C15H24N2O3. The highest BCUT2D eigenvalue weighted by Gasteiger charge is 2.14. The molecule has 0 bridgehead atoms. The zero-order valence-corrected chi connectivity index (χ0v) is 12.9. The van der Waals surface area contributed by atoms with E-state index in [2.05, 4.69) is 5.32 Å². The number of ether oxygens (including phenoxy) is 2. The number of hydrogen-bond donors (Lipinski definition) is 1. The lowest BCUT2D eigenvalue weighted by atomic mass is 10.1. The molecule has 0 aliphatic carbocycles. The predicted molar refractivity (Wildman–Crippen MR) is 79.3 cm³/mol. The number of carbonyl (C=O) groups excluding carboxylic acids is 1. The molecule has 1 unspecified atom stereocenters. The first-order valence-electron chi connectivity index (χ1n) is 6.72. The topological polar surface area (TPSA) is 50.8 Å². The minimum Gasteiger partial charge on any atom is -0.497 e. The van der Waals surface area contributed by atoms with Crippen molar-refractivity contribution < 1.29 is 14.3 Å². The molecule has 0 spiro atoms. The van der Waals surface area contributed by atoms with Crippen molar-refractivity contribution in [1.29, 1.82) is 0 Å². The fourth-order valence-electron chi connectivity index (χ4n) is 1.84. The first-order valence-corrected chi connectivity index (χ1v) is 6.72. The predicted octanol–water partition coefficient (Wildman–Crippen LogP) is 1.83. The number of likely N-dealkylation sites (N-methyl/N-ethyl adjacent to an activating group) is 1. The molecule has 1 rings (SSSR count). The fourth-order valence-corrected chi connectivity index (χ4v) is 1.84. The van der Waals surface area contributed by atoms with Gasteiger partial charge in [-0.15, -0.1) is 0 Å². The molecule has 1 amide bonds. The Hall–Kier alpha value is -1.75. The largest absolute Gasteiger partial charge is 0.497 e. The molecule has 0 aliphatic heterocycles. The average Bonchev–Trinajstić information content (AvgIpc) is 2.50. The second-order valence-electron chi connectivity index (χ2n) is 4.62. The van der Waals surface area contributed by atoms with Gasteiger partial charge in [0.2, 0.25) is 5.91 Å². The Morgan fingerprint density at radius 3 is 2.60 bits per heavy atom. The monoisotopic (exact) mass is 280 g/mol. The molecule has 0 radical (unpaired) electrons. The molecule has 1 aromatic carbocycles. The van der Waals surface area contributed by atoms with Gasteiger partial charge in [0.1, 0.15) is 11.5 Å². The van der Waals surface area contributed by atoms with Gasteiger partial charge >= 0.3 is 0 Å². The van der Waals surface area contributed by atoms with E-state index in [0.29, 0.717) is 13.1 Å². The molecule has 20 heavy (non-hydrogen) atoms. The number of amides is 1. The van der Waals surface area contributed by atoms with Crippen LogP contribution in [-0.4, -0.2) is 45.2 Å². The van der Waals surface area contributed by atoms with E-state index in [1.807, 2.05) is 32.0 Å². The Kier molecular flexibility index (Phi) is 6.31. The minimum absolute atomic E-state index is 0.0186. The number of benzene rings is 1. The van der Waals surface area contributed by atoms with Gasteiger partial charge < -0.3 is 19.7 Å². The third-order valence-corrected chi connectivity index (χ3v) is 3.37. The number of nitrogens with one attached hydrogen (secondary N) is 1. The zero-order chi connectivity index (χ0) is 15.1. The quantitative estimate of drug-likeness (QED) is 0.828. The van der Waals surface area contributed by atoms with Gasteiger partial charge in [0.15, 0.2) is 0 Å². The molecule has 5 heteroatoms. The van der Waals surface area contributed by atoms with Gasteiger partial charge in [0.25, 0.3) is 0 Å². The lowest BCUT2D eigenvalue weighted by Gasteiger charge is -2.20. The molecule has 0 heterocycles. The van der Waals surface area contributed by atoms with Gasteiger partial charge in [-0.3, -0.25) is 4.79 Å². The highest BCUT2D eigenvalue weighted by Crippen LogP contribution is 2.29. The summed E-state index contributed by atoms with van der Waals surface area (Å²) in [6.07, 6.45) is 0. The van der Waals surface area contributed by atoms with Crippen LogP contribution in [0.25, 0.3) is 0 Å². The van der Waals surface area contributed by atoms with Gasteiger partial charge in [-0.25, -0.2) is 0 Å². The number of carbonyl (C=O) groups is 1. The van der Waals surface area contributed by atoms with E-state index in [1.165, 1.54) is 0 Å². The van der Waals surface area contributed by atoms with E-state index < -0.39 is 0 Å². The molecule has 0 aromatic heterocycles. The van der Waals surface area contributed by atoms with Crippen LogP contribution in [0.2, 0.25) is 0 Å². The molecule has 1 atom stereocenters. The maximum Gasteiger partial charge on any atom is 0.236 e. The zero-order valence-electron chi connectivity index (χ0n) is 12.9. The Morgan fingerprint density at radius 1 is 1.35 bits per heavy atom. The fraction of sp³-hybridized carbons (Fsp3) is 0.533. The molecule has 0 saturated heterocycles. The second kappa shape index (κ2) is 7.75. The van der Waals surface area contributed by atoms with Crippen LogP contribution in [0.15, 0.2) is 18.2 Å². The number of hydrogen-bond acceptors (Lipinski definition) is 4. The molecular weight excluding hydrogens is 256 g/mol. The van der Waals surface area contributed by atoms with Crippen molar-refractivity contribution in [3.8, 4) is 11.5 Å². The van der Waals surface area contributed by atoms with E-state index in [1.54, 1.807) is 26.2 Å². The average molecular weight is 280 g/mol. The summed E-state index contributed by atoms with van der Waals surface area (Å²) < 4.78 is 10.5. The Balaban J connectivity index is 2.72. The van der Waals surface area contributed by atoms with Crippen molar-refractivity contribution in [2.24, 2.45) is 0 Å². The molecule has 0 aliphatic rings. The lowest BCUT2D eigenvalue weighted by Crippen LogP contribution is -2.36. The van der Waals surface area contributed by atoms with Crippen LogP contribution < -0.4 is 14.8 Å². The van der Waals surface area contributed by atoms with Gasteiger partial charge in [0.05, 0.1) is 20.8 Å². The Bertz CT molecular complexity index is 449. The molecule has 1 N–H and O–H groups in total. The first kappa shape index (κ1) is 16.3. The third kappa shape index (κ3) is 4.13. The number of methoxy groups -OCH3 is 2. The standard InChI is InChI=1S/C15H24N2O3/c1-6-17(3)15(18)10-16-11(2)13-8-7-12(19-4)9-14(13)20-5/h7-9,11,16H,6,10H2,1-5H3. The molecule has 0 saturated carbocycles. The summed E-state index contributed by atoms with van der Waals surface area (Å²) in [5.74, 6) is 1.58. The van der Waals surface area contributed by atoms with E-state index >= 15 is 0 Å². The smallest absolute Gasteiger partial charge is 0.236 e. The van der Waals surface area contributed by atoms with Crippen LogP contribution in [0.3, 0.4) is 0 Å². The van der Waals surface area contributed by atoms with Gasteiger partial charge in [-0.05, 0) is 19.9 Å². The summed E-state index contributed by atoms with van der Waals surface area (Å²) in [5.41, 5.74) is 1.00. The second-order valence-corrected chi connectivity index (χ2v) is 4.62. The van der Waals surface area contributed by atoms with E-state index in [9.17, 15) is 4.79 Å². The maximum atomic E-state index is 11.8. The van der Waals surface area contributed by atoms with E-state index in [-0.39, 0.29) is 11.9 Å². The van der Waals surface area contributed by atoms with Crippen molar-refractivity contribution in [3.63, 3.8) is 0 Å². The van der Waals surface area contributed by atoms with Crippen LogP contribution in [0.5, 0.6) is 11.5 Å². The van der Waals surface area contributed by atoms with Crippen molar-refractivity contribution >= 4 is 5.91 Å². The van der Waals surface area contributed by atoms with Crippen molar-refractivity contribution in [3.05, 3.63) is 23.8 Å². The van der Waals surface area contributed by atoms with Crippen LogP contribution >= 0.6 is 0 Å². The van der Waals surface area contributed by atoms with Crippen molar-refractivity contribution in [1.82, 2.24) is 10.2 Å². The summed E-state index contributed by atoms with van der Waals surface area (Å²) in [4.78, 5) is 13.5. The molecule has 1 aromatic rings. The third-order valence-electron chi connectivity index (χ3n) is 3.37. The first-order chi connectivity index (χ1) is 9.53. The Labute approximate surface area is 120 Å². The van der Waals surface area contributed by atoms with E-state index in [0.717, 1.165) is 17.1 Å². The highest BCUT2D eigenvalue weighted by molar-refractivity contribution is 5.77. The van der Waals surface area contributed by atoms with Crippen LogP contribution in [0.4, 0.5) is 0 Å². The number of rotatable bonds is 7. The highest BCUT2D eigenvalue weighted by atomic mass is 16.5. The van der Waals surface area contributed by atoms with Gasteiger partial charge in [-0.2, -0.15) is 0 Å². The summed E-state index contributed by atoms with van der Waals surface area (Å²) in [6, 6.07) is 5.69. The van der Waals surface area contributed by atoms with E-state index in [4.69, 9.17) is 9.47 Å². The molecule has 112 valence electrons. The van der Waals surface area contributed by atoms with Crippen LogP contribution in [0.1, 0.15) is 25.5 Å². The summed E-state index contributed by atoms with van der Waals surface area (Å²) in [5, 5.41) is 3.21. The van der Waals surface area contributed by atoms with Crippen molar-refractivity contribution in [2.45, 2.75) is 19.9 Å².